The molecule has 1 aromatic carbocycles. The first-order chi connectivity index (χ1) is 7.58. The minimum Gasteiger partial charge on any atom is -0.374 e. The predicted octanol–water partition coefficient (Wildman–Crippen LogP) is 4.56. The molecule has 0 heterocycles. The molecule has 0 fully saturated rings. The lowest BCUT2D eigenvalue weighted by Crippen LogP contribution is -2.23. The molecule has 0 aliphatic carbocycles. The SMILES string of the molecule is CCC(C)CN(C)c1ccc(CCl)c(Cl)c1. The van der Waals surface area contributed by atoms with Gasteiger partial charge in [0.05, 0.1) is 0 Å². The maximum atomic E-state index is 6.13. The van der Waals surface area contributed by atoms with E-state index in [1.165, 1.54) is 6.42 Å². The Morgan fingerprint density at radius 2 is 2.06 bits per heavy atom. The highest BCUT2D eigenvalue weighted by molar-refractivity contribution is 6.32. The largest absolute Gasteiger partial charge is 0.374 e. The Hall–Kier alpha value is -0.400. The van der Waals surface area contributed by atoms with Gasteiger partial charge in [-0.25, -0.2) is 0 Å². The number of nitrogens with zero attached hydrogens (tertiary/aromatic N) is 1. The molecule has 3 heteroatoms. The molecule has 16 heavy (non-hydrogen) atoms. The summed E-state index contributed by atoms with van der Waals surface area (Å²) in [6.45, 7) is 5.51. The molecule has 0 saturated heterocycles. The Labute approximate surface area is 108 Å². The number of benzene rings is 1. The van der Waals surface area contributed by atoms with Gasteiger partial charge in [-0.05, 0) is 23.6 Å². The van der Waals surface area contributed by atoms with Crippen molar-refractivity contribution >= 4 is 28.9 Å². The van der Waals surface area contributed by atoms with Crippen LogP contribution in [0.2, 0.25) is 5.02 Å². The van der Waals surface area contributed by atoms with E-state index in [4.69, 9.17) is 23.2 Å². The molecule has 0 aliphatic heterocycles. The fraction of sp³-hybridized carbons (Fsp3) is 0.538. The first kappa shape index (κ1) is 13.7. The molecule has 0 aliphatic rings. The standard InChI is InChI=1S/C13H19Cl2N/c1-4-10(2)9-16(3)12-6-5-11(8-14)13(15)7-12/h5-7,10H,4,8-9H2,1-3H3. The molecule has 1 rings (SSSR count). The third-order valence-electron chi connectivity index (χ3n) is 2.90. The topological polar surface area (TPSA) is 3.24 Å². The van der Waals surface area contributed by atoms with E-state index < -0.39 is 0 Å². The van der Waals surface area contributed by atoms with Crippen molar-refractivity contribution in [2.75, 3.05) is 18.5 Å². The smallest absolute Gasteiger partial charge is 0.0488 e. The summed E-state index contributed by atoms with van der Waals surface area (Å²) >= 11 is 11.9. The van der Waals surface area contributed by atoms with E-state index in [0.717, 1.165) is 22.8 Å². The minimum atomic E-state index is 0.466. The normalized spacial score (nSPS) is 12.6. The van der Waals surface area contributed by atoms with Gasteiger partial charge in [-0.15, -0.1) is 11.6 Å². The summed E-state index contributed by atoms with van der Waals surface area (Å²) in [5.41, 5.74) is 2.14. The van der Waals surface area contributed by atoms with Gasteiger partial charge in [0.15, 0.2) is 0 Å². The quantitative estimate of drug-likeness (QED) is 0.701. The number of anilines is 1. The fourth-order valence-electron chi connectivity index (χ4n) is 1.58. The van der Waals surface area contributed by atoms with E-state index in [1.807, 2.05) is 12.1 Å². The van der Waals surface area contributed by atoms with Gasteiger partial charge in [0.1, 0.15) is 0 Å². The van der Waals surface area contributed by atoms with Crippen molar-refractivity contribution in [3.8, 4) is 0 Å². The van der Waals surface area contributed by atoms with Crippen LogP contribution in [0.15, 0.2) is 18.2 Å². The molecule has 1 aromatic rings. The van der Waals surface area contributed by atoms with Gasteiger partial charge in [0.25, 0.3) is 0 Å². The number of hydrogen-bond donors (Lipinski definition) is 0. The zero-order valence-corrected chi connectivity index (χ0v) is 11.6. The Balaban J connectivity index is 2.76. The summed E-state index contributed by atoms with van der Waals surface area (Å²) in [6.07, 6.45) is 1.19. The van der Waals surface area contributed by atoms with Crippen molar-refractivity contribution in [1.82, 2.24) is 0 Å². The molecule has 0 radical (unpaired) electrons. The van der Waals surface area contributed by atoms with E-state index in [-0.39, 0.29) is 0 Å². The highest BCUT2D eigenvalue weighted by Crippen LogP contribution is 2.24. The summed E-state index contributed by atoms with van der Waals surface area (Å²) in [7, 11) is 2.10. The molecule has 0 spiro atoms. The van der Waals surface area contributed by atoms with E-state index in [2.05, 4.69) is 31.9 Å². The van der Waals surface area contributed by atoms with Crippen molar-refractivity contribution in [2.45, 2.75) is 26.1 Å². The summed E-state index contributed by atoms with van der Waals surface area (Å²) in [5, 5.41) is 0.753. The van der Waals surface area contributed by atoms with Crippen LogP contribution in [-0.2, 0) is 5.88 Å². The molecular formula is C13H19Cl2N. The van der Waals surface area contributed by atoms with Gasteiger partial charge in [0.2, 0.25) is 0 Å². The van der Waals surface area contributed by atoms with Crippen LogP contribution in [0, 0.1) is 5.92 Å². The zero-order valence-electron chi connectivity index (χ0n) is 10.1. The van der Waals surface area contributed by atoms with Crippen LogP contribution in [0.1, 0.15) is 25.8 Å². The lowest BCUT2D eigenvalue weighted by molar-refractivity contribution is 0.560. The third kappa shape index (κ3) is 3.57. The van der Waals surface area contributed by atoms with E-state index >= 15 is 0 Å². The Kier molecular flexibility index (Phi) is 5.43. The van der Waals surface area contributed by atoms with Crippen LogP contribution >= 0.6 is 23.2 Å². The van der Waals surface area contributed by atoms with Gasteiger partial charge >= 0.3 is 0 Å². The summed E-state index contributed by atoms with van der Waals surface area (Å²) < 4.78 is 0. The van der Waals surface area contributed by atoms with Crippen LogP contribution in [0.25, 0.3) is 0 Å². The average molecular weight is 260 g/mol. The average Bonchev–Trinajstić information content (AvgIpc) is 2.28. The van der Waals surface area contributed by atoms with Crippen molar-refractivity contribution in [2.24, 2.45) is 5.92 Å². The van der Waals surface area contributed by atoms with Gasteiger partial charge in [-0.3, -0.25) is 0 Å². The number of halogens is 2. The Bertz CT molecular complexity index is 339. The summed E-state index contributed by atoms with van der Waals surface area (Å²) in [5.74, 6) is 1.16. The highest BCUT2D eigenvalue weighted by Gasteiger charge is 2.07. The van der Waals surface area contributed by atoms with Crippen molar-refractivity contribution in [3.05, 3.63) is 28.8 Å². The molecule has 1 nitrogen and oxygen atoms in total. The highest BCUT2D eigenvalue weighted by atomic mass is 35.5. The molecule has 90 valence electrons. The van der Waals surface area contributed by atoms with Crippen molar-refractivity contribution in [3.63, 3.8) is 0 Å². The second-order valence-corrected chi connectivity index (χ2v) is 4.98. The molecule has 1 atom stereocenters. The van der Waals surface area contributed by atoms with Gasteiger partial charge in [0, 0.05) is 30.2 Å². The van der Waals surface area contributed by atoms with Crippen LogP contribution in [0.4, 0.5) is 5.69 Å². The van der Waals surface area contributed by atoms with Crippen molar-refractivity contribution < 1.29 is 0 Å². The fourth-order valence-corrected chi connectivity index (χ4v) is 2.13. The lowest BCUT2D eigenvalue weighted by Gasteiger charge is -2.23. The summed E-state index contributed by atoms with van der Waals surface area (Å²) in [6, 6.07) is 6.06. The van der Waals surface area contributed by atoms with Crippen LogP contribution in [0.3, 0.4) is 0 Å². The molecule has 0 bridgehead atoms. The number of hydrogen-bond acceptors (Lipinski definition) is 1. The monoisotopic (exact) mass is 259 g/mol. The first-order valence-corrected chi connectivity index (χ1v) is 6.55. The number of alkyl halides is 1. The summed E-state index contributed by atoms with van der Waals surface area (Å²) in [4.78, 5) is 2.23. The van der Waals surface area contributed by atoms with Gasteiger partial charge < -0.3 is 4.90 Å². The van der Waals surface area contributed by atoms with E-state index in [0.29, 0.717) is 11.8 Å². The van der Waals surface area contributed by atoms with Crippen LogP contribution in [0.5, 0.6) is 0 Å². The lowest BCUT2D eigenvalue weighted by atomic mass is 10.1. The van der Waals surface area contributed by atoms with Crippen LogP contribution in [-0.4, -0.2) is 13.6 Å². The molecule has 0 amide bonds. The third-order valence-corrected chi connectivity index (χ3v) is 3.54. The maximum absolute atomic E-state index is 6.13. The van der Waals surface area contributed by atoms with Crippen molar-refractivity contribution in [1.29, 1.82) is 0 Å². The first-order valence-electron chi connectivity index (χ1n) is 5.64. The van der Waals surface area contributed by atoms with E-state index in [1.54, 1.807) is 0 Å². The molecule has 0 aromatic heterocycles. The van der Waals surface area contributed by atoms with E-state index in [9.17, 15) is 0 Å². The van der Waals surface area contributed by atoms with Gasteiger partial charge in [-0.2, -0.15) is 0 Å². The molecule has 0 saturated carbocycles. The molecule has 0 N–H and O–H groups in total. The van der Waals surface area contributed by atoms with Gasteiger partial charge in [-0.1, -0.05) is 37.9 Å². The Morgan fingerprint density at radius 3 is 2.56 bits per heavy atom. The molecule has 1 unspecified atom stereocenters. The minimum absolute atomic E-state index is 0.466. The zero-order chi connectivity index (χ0) is 12.1. The second-order valence-electron chi connectivity index (χ2n) is 4.30. The maximum Gasteiger partial charge on any atom is 0.0488 e. The number of rotatable bonds is 5. The Morgan fingerprint density at radius 1 is 1.38 bits per heavy atom. The van der Waals surface area contributed by atoms with Crippen LogP contribution < -0.4 is 4.90 Å². The molecular weight excluding hydrogens is 241 g/mol. The predicted molar refractivity (Wildman–Crippen MR) is 73.7 cm³/mol. The second kappa shape index (κ2) is 6.36.